The van der Waals surface area contributed by atoms with Crippen LogP contribution in [0.4, 0.5) is 4.39 Å². The Morgan fingerprint density at radius 2 is 1.62 bits per heavy atom. The first-order valence-corrected chi connectivity index (χ1v) is 6.64. The van der Waals surface area contributed by atoms with Crippen LogP contribution in [0.25, 0.3) is 0 Å². The molecule has 1 unspecified atom stereocenters. The maximum atomic E-state index is 12.6. The Morgan fingerprint density at radius 3 is 2.25 bits per heavy atom. The molecule has 0 spiro atoms. The molecular weight excluding hydrogens is 207 g/mol. The molecule has 0 amide bonds. The van der Waals surface area contributed by atoms with E-state index in [0.29, 0.717) is 6.42 Å². The van der Waals surface area contributed by atoms with Crippen molar-refractivity contribution in [3.05, 3.63) is 0 Å². The lowest BCUT2D eigenvalue weighted by Gasteiger charge is -2.04. The van der Waals surface area contributed by atoms with Gasteiger partial charge < -0.3 is 9.84 Å². The van der Waals surface area contributed by atoms with E-state index in [-0.39, 0.29) is 6.61 Å². The van der Waals surface area contributed by atoms with Gasteiger partial charge in [-0.1, -0.05) is 39.0 Å². The Bertz CT molecular complexity index is 131. The highest BCUT2D eigenvalue weighted by Gasteiger charge is 2.02. The fourth-order valence-electron chi connectivity index (χ4n) is 1.61. The third-order valence-corrected chi connectivity index (χ3v) is 2.60. The predicted molar refractivity (Wildman–Crippen MR) is 65.4 cm³/mol. The lowest BCUT2D eigenvalue weighted by molar-refractivity contribution is 0.130. The summed E-state index contributed by atoms with van der Waals surface area (Å²) in [5.41, 5.74) is 0. The number of hydrogen-bond donors (Lipinski definition) is 1. The summed E-state index contributed by atoms with van der Waals surface area (Å²) in [6.07, 6.45) is 7.31. The molecule has 0 saturated heterocycles. The number of alkyl halides is 1. The maximum absolute atomic E-state index is 12.6. The zero-order valence-corrected chi connectivity index (χ0v) is 10.6. The second kappa shape index (κ2) is 12.9. The molecule has 0 fully saturated rings. The van der Waals surface area contributed by atoms with Crippen molar-refractivity contribution < 1.29 is 14.2 Å². The number of aliphatic hydroxyl groups excluding tert-OH is 1. The first-order valence-electron chi connectivity index (χ1n) is 6.64. The predicted octanol–water partition coefficient (Wildman–Crippen LogP) is 3.47. The molecule has 0 radical (unpaired) electrons. The van der Waals surface area contributed by atoms with Gasteiger partial charge in [0.15, 0.2) is 0 Å². The summed E-state index contributed by atoms with van der Waals surface area (Å²) in [6, 6.07) is 0. The van der Waals surface area contributed by atoms with E-state index < -0.39 is 6.17 Å². The molecule has 0 aromatic carbocycles. The van der Waals surface area contributed by atoms with Crippen LogP contribution in [-0.2, 0) is 4.74 Å². The quantitative estimate of drug-likeness (QED) is 0.524. The third-order valence-electron chi connectivity index (χ3n) is 2.60. The smallest absolute Gasteiger partial charge is 0.123 e. The number of ether oxygens (including phenoxy) is 1. The van der Waals surface area contributed by atoms with Crippen molar-refractivity contribution >= 4 is 0 Å². The van der Waals surface area contributed by atoms with Crippen molar-refractivity contribution in [2.75, 3.05) is 19.8 Å². The Morgan fingerprint density at radius 1 is 1.00 bits per heavy atom. The van der Waals surface area contributed by atoms with Gasteiger partial charge in [-0.15, -0.1) is 0 Å². The van der Waals surface area contributed by atoms with Crippen LogP contribution in [0.5, 0.6) is 0 Å². The normalized spacial score (nSPS) is 12.9. The minimum Gasteiger partial charge on any atom is -0.393 e. The van der Waals surface area contributed by atoms with Gasteiger partial charge in [-0.3, -0.25) is 0 Å². The molecule has 3 heteroatoms. The Balaban J connectivity index is 2.93. The van der Waals surface area contributed by atoms with Gasteiger partial charge in [0.1, 0.15) is 6.17 Å². The summed E-state index contributed by atoms with van der Waals surface area (Å²) < 4.78 is 18.0. The Kier molecular flexibility index (Phi) is 12.8. The van der Waals surface area contributed by atoms with Gasteiger partial charge in [0.2, 0.25) is 0 Å². The summed E-state index contributed by atoms with van der Waals surface area (Å²) in [6.45, 7) is 3.54. The lowest BCUT2D eigenvalue weighted by Crippen LogP contribution is -2.05. The SMILES string of the molecule is CCCOCCCCCCCCC(F)CO. The molecule has 1 N–H and O–H groups in total. The topological polar surface area (TPSA) is 29.5 Å². The summed E-state index contributed by atoms with van der Waals surface area (Å²) in [5.74, 6) is 0. The first kappa shape index (κ1) is 15.9. The van der Waals surface area contributed by atoms with Crippen LogP contribution >= 0.6 is 0 Å². The van der Waals surface area contributed by atoms with Crippen LogP contribution in [0.2, 0.25) is 0 Å². The van der Waals surface area contributed by atoms with Gasteiger partial charge >= 0.3 is 0 Å². The number of hydrogen-bond acceptors (Lipinski definition) is 2. The molecule has 0 aromatic rings. The third kappa shape index (κ3) is 11.9. The van der Waals surface area contributed by atoms with E-state index in [2.05, 4.69) is 6.92 Å². The minimum atomic E-state index is -1.01. The second-order valence-corrected chi connectivity index (χ2v) is 4.30. The molecular formula is C13H27FO2. The molecule has 16 heavy (non-hydrogen) atoms. The van der Waals surface area contributed by atoms with Gasteiger partial charge in [-0.25, -0.2) is 4.39 Å². The molecule has 0 saturated carbocycles. The van der Waals surface area contributed by atoms with E-state index in [9.17, 15) is 4.39 Å². The van der Waals surface area contributed by atoms with Crippen LogP contribution < -0.4 is 0 Å². The molecule has 0 aromatic heterocycles. The van der Waals surface area contributed by atoms with Crippen LogP contribution in [0.15, 0.2) is 0 Å². The highest BCUT2D eigenvalue weighted by Crippen LogP contribution is 2.10. The number of unbranched alkanes of at least 4 members (excludes halogenated alkanes) is 5. The fraction of sp³-hybridized carbons (Fsp3) is 1.00. The molecule has 0 bridgehead atoms. The van der Waals surface area contributed by atoms with E-state index in [4.69, 9.17) is 9.84 Å². The van der Waals surface area contributed by atoms with E-state index >= 15 is 0 Å². The van der Waals surface area contributed by atoms with Crippen LogP contribution in [0.1, 0.15) is 58.3 Å². The average molecular weight is 234 g/mol. The van der Waals surface area contributed by atoms with Crippen molar-refractivity contribution in [3.63, 3.8) is 0 Å². The van der Waals surface area contributed by atoms with E-state index in [1.165, 1.54) is 19.3 Å². The van der Waals surface area contributed by atoms with Crippen molar-refractivity contribution in [1.82, 2.24) is 0 Å². The largest absolute Gasteiger partial charge is 0.393 e. The number of rotatable bonds is 12. The van der Waals surface area contributed by atoms with Crippen molar-refractivity contribution in [3.8, 4) is 0 Å². The number of halogens is 1. The van der Waals surface area contributed by atoms with Gasteiger partial charge in [0.25, 0.3) is 0 Å². The molecule has 0 aliphatic rings. The summed E-state index contributed by atoms with van der Waals surface area (Å²) >= 11 is 0. The highest BCUT2D eigenvalue weighted by molar-refractivity contribution is 4.54. The molecule has 0 aliphatic heterocycles. The van der Waals surface area contributed by atoms with Crippen LogP contribution in [-0.4, -0.2) is 31.1 Å². The standard InChI is InChI=1S/C13H27FO2/c1-2-10-16-11-8-6-4-3-5-7-9-13(14)12-15/h13,15H,2-12H2,1H3. The minimum absolute atomic E-state index is 0.325. The Labute approximate surface area is 99.2 Å². The Hall–Kier alpha value is -0.150. The van der Waals surface area contributed by atoms with Gasteiger partial charge in [-0.2, -0.15) is 0 Å². The number of aliphatic hydroxyl groups is 1. The second-order valence-electron chi connectivity index (χ2n) is 4.30. The van der Waals surface area contributed by atoms with E-state index in [1.807, 2.05) is 0 Å². The monoisotopic (exact) mass is 234 g/mol. The van der Waals surface area contributed by atoms with Gasteiger partial charge in [0, 0.05) is 13.2 Å². The van der Waals surface area contributed by atoms with Crippen LogP contribution in [0, 0.1) is 0 Å². The molecule has 0 heterocycles. The molecule has 0 aliphatic carbocycles. The molecule has 2 nitrogen and oxygen atoms in total. The summed E-state index contributed by atoms with van der Waals surface area (Å²) in [5, 5.41) is 8.49. The zero-order chi connectivity index (χ0) is 12.1. The highest BCUT2D eigenvalue weighted by atomic mass is 19.1. The summed E-state index contributed by atoms with van der Waals surface area (Å²) in [7, 11) is 0. The average Bonchev–Trinajstić information content (AvgIpc) is 2.31. The maximum Gasteiger partial charge on any atom is 0.123 e. The van der Waals surface area contributed by atoms with Crippen molar-refractivity contribution in [2.45, 2.75) is 64.5 Å². The summed E-state index contributed by atoms with van der Waals surface area (Å²) in [4.78, 5) is 0. The van der Waals surface area contributed by atoms with E-state index in [0.717, 1.165) is 38.9 Å². The van der Waals surface area contributed by atoms with E-state index in [1.54, 1.807) is 0 Å². The van der Waals surface area contributed by atoms with Gasteiger partial charge in [0.05, 0.1) is 6.61 Å². The zero-order valence-electron chi connectivity index (χ0n) is 10.6. The van der Waals surface area contributed by atoms with Crippen molar-refractivity contribution in [1.29, 1.82) is 0 Å². The van der Waals surface area contributed by atoms with Gasteiger partial charge in [-0.05, 0) is 19.3 Å². The molecule has 98 valence electrons. The molecule has 1 atom stereocenters. The van der Waals surface area contributed by atoms with Crippen LogP contribution in [0.3, 0.4) is 0 Å². The fourth-order valence-corrected chi connectivity index (χ4v) is 1.61. The lowest BCUT2D eigenvalue weighted by atomic mass is 10.1. The molecule has 0 rings (SSSR count). The first-order chi connectivity index (χ1) is 7.81. The van der Waals surface area contributed by atoms with Crippen molar-refractivity contribution in [2.24, 2.45) is 0 Å².